The van der Waals surface area contributed by atoms with Crippen LogP contribution in [0.1, 0.15) is 13.8 Å². The number of carbonyl (C=O) groups is 1. The maximum atomic E-state index is 12.9. The Bertz CT molecular complexity index is 938. The van der Waals surface area contributed by atoms with Gasteiger partial charge in [-0.3, -0.25) is 14.2 Å². The van der Waals surface area contributed by atoms with Gasteiger partial charge < -0.3 is 9.80 Å². The summed E-state index contributed by atoms with van der Waals surface area (Å²) in [5.41, 5.74) is 0.402. The van der Waals surface area contributed by atoms with Gasteiger partial charge in [-0.25, -0.2) is 4.98 Å². The van der Waals surface area contributed by atoms with E-state index >= 15 is 0 Å². The Morgan fingerprint density at radius 1 is 1.36 bits per heavy atom. The smallest absolute Gasteiger partial charge is 0.262 e. The molecule has 0 N–H and O–H groups in total. The van der Waals surface area contributed by atoms with Crippen molar-refractivity contribution in [2.75, 3.05) is 32.7 Å². The van der Waals surface area contributed by atoms with E-state index in [0.717, 1.165) is 32.7 Å². The minimum absolute atomic E-state index is 0.0800. The van der Waals surface area contributed by atoms with Crippen LogP contribution >= 0.6 is 23.4 Å². The van der Waals surface area contributed by atoms with Gasteiger partial charge in [0.1, 0.15) is 0 Å². The number of halogens is 1. The van der Waals surface area contributed by atoms with E-state index in [4.69, 9.17) is 11.6 Å². The zero-order valence-electron chi connectivity index (χ0n) is 16.2. The first-order valence-corrected chi connectivity index (χ1v) is 10.7. The van der Waals surface area contributed by atoms with Crippen molar-refractivity contribution < 1.29 is 4.79 Å². The van der Waals surface area contributed by atoms with Crippen LogP contribution in [0, 0.1) is 0 Å². The molecule has 1 aromatic heterocycles. The van der Waals surface area contributed by atoms with Crippen molar-refractivity contribution in [2.24, 2.45) is 0 Å². The molecule has 0 unspecified atom stereocenters. The van der Waals surface area contributed by atoms with E-state index in [9.17, 15) is 9.59 Å². The first-order chi connectivity index (χ1) is 13.4. The number of piperazine rings is 1. The van der Waals surface area contributed by atoms with Gasteiger partial charge in [-0.1, -0.05) is 36.4 Å². The second-order valence-corrected chi connectivity index (χ2v) is 8.52. The lowest BCUT2D eigenvalue weighted by Gasteiger charge is -2.35. The summed E-state index contributed by atoms with van der Waals surface area (Å²) in [6.07, 6.45) is 1.65. The molecule has 0 bridgehead atoms. The highest BCUT2D eigenvalue weighted by Gasteiger charge is 2.26. The predicted octanol–water partition coefficient (Wildman–Crippen LogP) is 2.88. The maximum Gasteiger partial charge on any atom is 0.262 e. The van der Waals surface area contributed by atoms with Crippen LogP contribution in [0.4, 0.5) is 0 Å². The molecule has 1 aliphatic heterocycles. The summed E-state index contributed by atoms with van der Waals surface area (Å²) in [6.45, 7) is 12.3. The number of aromatic nitrogens is 2. The number of rotatable bonds is 6. The predicted molar refractivity (Wildman–Crippen MR) is 115 cm³/mol. The summed E-state index contributed by atoms with van der Waals surface area (Å²) in [7, 11) is 0. The summed E-state index contributed by atoms with van der Waals surface area (Å²) >= 11 is 7.36. The van der Waals surface area contributed by atoms with E-state index in [1.54, 1.807) is 28.8 Å². The highest BCUT2D eigenvalue weighted by atomic mass is 35.5. The molecule has 150 valence electrons. The van der Waals surface area contributed by atoms with Crippen molar-refractivity contribution in [3.8, 4) is 0 Å². The molecule has 28 heavy (non-hydrogen) atoms. The third-order valence-corrected chi connectivity index (χ3v) is 6.27. The Kier molecular flexibility index (Phi) is 6.80. The third-order valence-electron chi connectivity index (χ3n) is 4.95. The molecule has 1 aliphatic rings. The molecule has 2 heterocycles. The van der Waals surface area contributed by atoms with E-state index in [1.807, 2.05) is 11.8 Å². The van der Waals surface area contributed by atoms with Crippen molar-refractivity contribution in [2.45, 2.75) is 30.8 Å². The van der Waals surface area contributed by atoms with Gasteiger partial charge in [-0.15, -0.1) is 6.58 Å². The number of thioether (sulfide) groups is 1. The lowest BCUT2D eigenvalue weighted by molar-refractivity contribution is -0.132. The SMILES string of the molecule is C=CCn1c(S[C@@H](C)C(=O)N2CCN(CC)CC2)nc2ccc(Cl)cc2c1=O. The Morgan fingerprint density at radius 3 is 2.71 bits per heavy atom. The Morgan fingerprint density at radius 2 is 2.07 bits per heavy atom. The Balaban J connectivity index is 1.85. The molecule has 1 aromatic carbocycles. The number of hydrogen-bond acceptors (Lipinski definition) is 5. The van der Waals surface area contributed by atoms with Gasteiger partial charge in [0.15, 0.2) is 5.16 Å². The summed E-state index contributed by atoms with van der Waals surface area (Å²) in [4.78, 5) is 34.7. The highest BCUT2D eigenvalue weighted by molar-refractivity contribution is 8.00. The van der Waals surface area contributed by atoms with E-state index in [-0.39, 0.29) is 16.7 Å². The molecule has 3 rings (SSSR count). The van der Waals surface area contributed by atoms with Gasteiger partial charge in [0.2, 0.25) is 5.91 Å². The zero-order chi connectivity index (χ0) is 20.3. The van der Waals surface area contributed by atoms with Gasteiger partial charge >= 0.3 is 0 Å². The average Bonchev–Trinajstić information content (AvgIpc) is 2.71. The van der Waals surface area contributed by atoms with Crippen molar-refractivity contribution >= 4 is 40.2 Å². The van der Waals surface area contributed by atoms with Crippen molar-refractivity contribution in [3.05, 3.63) is 46.2 Å². The number of likely N-dealkylation sites (N-methyl/N-ethyl adjacent to an activating group) is 1. The zero-order valence-corrected chi connectivity index (χ0v) is 17.8. The lowest BCUT2D eigenvalue weighted by Crippen LogP contribution is -2.50. The molecule has 8 heteroatoms. The van der Waals surface area contributed by atoms with E-state index in [0.29, 0.717) is 27.6 Å². The van der Waals surface area contributed by atoms with Gasteiger partial charge in [0.25, 0.3) is 5.56 Å². The fourth-order valence-corrected chi connectivity index (χ4v) is 4.48. The number of amides is 1. The first kappa shape index (κ1) is 20.9. The molecule has 1 fully saturated rings. The number of benzene rings is 1. The third kappa shape index (κ3) is 4.42. The van der Waals surface area contributed by atoms with Gasteiger partial charge in [0, 0.05) is 37.7 Å². The van der Waals surface area contributed by atoms with Gasteiger partial charge in [0.05, 0.1) is 16.2 Å². The van der Waals surface area contributed by atoms with Crippen LogP contribution in [-0.2, 0) is 11.3 Å². The molecular formula is C20H25ClN4O2S. The molecule has 0 spiro atoms. The molecule has 6 nitrogen and oxygen atoms in total. The standard InChI is InChI=1S/C20H25ClN4O2S/c1-4-8-25-19(27)16-13-15(21)6-7-17(16)22-20(25)28-14(3)18(26)24-11-9-23(5-2)10-12-24/h4,6-7,13-14H,1,5,8-12H2,2-3H3/t14-/m0/s1. The van der Waals surface area contributed by atoms with E-state index in [1.165, 1.54) is 11.8 Å². The topological polar surface area (TPSA) is 58.4 Å². The molecule has 1 saturated heterocycles. The van der Waals surface area contributed by atoms with Crippen LogP contribution in [0.5, 0.6) is 0 Å². The number of carbonyl (C=O) groups excluding carboxylic acids is 1. The van der Waals surface area contributed by atoms with Crippen molar-refractivity contribution in [3.63, 3.8) is 0 Å². The normalized spacial score (nSPS) is 16.3. The molecular weight excluding hydrogens is 396 g/mol. The molecule has 0 aliphatic carbocycles. The molecule has 0 radical (unpaired) electrons. The lowest BCUT2D eigenvalue weighted by atomic mass is 10.2. The van der Waals surface area contributed by atoms with Crippen LogP contribution in [0.2, 0.25) is 5.02 Å². The minimum atomic E-state index is -0.333. The van der Waals surface area contributed by atoms with E-state index in [2.05, 4.69) is 23.4 Å². The second-order valence-electron chi connectivity index (χ2n) is 6.78. The van der Waals surface area contributed by atoms with Crippen LogP contribution in [0.15, 0.2) is 40.8 Å². The summed E-state index contributed by atoms with van der Waals surface area (Å²) in [5, 5.41) is 1.15. The average molecular weight is 421 g/mol. The van der Waals surface area contributed by atoms with Gasteiger partial charge in [-0.05, 0) is 31.7 Å². The van der Waals surface area contributed by atoms with Crippen LogP contribution in [0.3, 0.4) is 0 Å². The van der Waals surface area contributed by atoms with Crippen LogP contribution in [0.25, 0.3) is 10.9 Å². The Labute approximate surface area is 174 Å². The fourth-order valence-electron chi connectivity index (χ4n) is 3.30. The first-order valence-electron chi connectivity index (χ1n) is 9.43. The number of hydrogen-bond donors (Lipinski definition) is 0. The summed E-state index contributed by atoms with van der Waals surface area (Å²) in [6, 6.07) is 5.07. The summed E-state index contributed by atoms with van der Waals surface area (Å²) < 4.78 is 1.55. The fraction of sp³-hybridized carbons (Fsp3) is 0.450. The van der Waals surface area contributed by atoms with Crippen molar-refractivity contribution in [1.82, 2.24) is 19.4 Å². The Hall–Kier alpha value is -1.83. The molecule has 2 aromatic rings. The minimum Gasteiger partial charge on any atom is -0.339 e. The van der Waals surface area contributed by atoms with Crippen LogP contribution < -0.4 is 5.56 Å². The number of nitrogens with zero attached hydrogens (tertiary/aromatic N) is 4. The molecule has 1 amide bonds. The highest BCUT2D eigenvalue weighted by Crippen LogP contribution is 2.25. The van der Waals surface area contributed by atoms with Crippen molar-refractivity contribution in [1.29, 1.82) is 0 Å². The van der Waals surface area contributed by atoms with Crippen LogP contribution in [-0.4, -0.2) is 63.2 Å². The number of fused-ring (bicyclic) bond motifs is 1. The second kappa shape index (κ2) is 9.11. The van der Waals surface area contributed by atoms with Gasteiger partial charge in [-0.2, -0.15) is 0 Å². The maximum absolute atomic E-state index is 12.9. The molecule has 0 saturated carbocycles. The number of allylic oxidation sites excluding steroid dienone is 1. The monoisotopic (exact) mass is 420 g/mol. The molecule has 1 atom stereocenters. The largest absolute Gasteiger partial charge is 0.339 e. The van der Waals surface area contributed by atoms with E-state index < -0.39 is 0 Å². The quantitative estimate of drug-likeness (QED) is 0.408. The summed E-state index contributed by atoms with van der Waals surface area (Å²) in [5.74, 6) is 0.0800.